The lowest BCUT2D eigenvalue weighted by Crippen LogP contribution is -1.94. The number of hydrogen-bond donors (Lipinski definition) is 1. The van der Waals surface area contributed by atoms with Gasteiger partial charge in [-0.3, -0.25) is 9.97 Å². The molecule has 2 heterocycles. The summed E-state index contributed by atoms with van der Waals surface area (Å²) < 4.78 is 5.82. The van der Waals surface area contributed by atoms with Gasteiger partial charge in [-0.15, -0.1) is 0 Å². The zero-order chi connectivity index (χ0) is 13.1. The van der Waals surface area contributed by atoms with Gasteiger partial charge >= 0.3 is 0 Å². The van der Waals surface area contributed by atoms with E-state index < -0.39 is 0 Å². The number of rotatable bonds is 3. The molecule has 3 aromatic rings. The van der Waals surface area contributed by atoms with E-state index in [2.05, 4.69) is 9.97 Å². The smallest absolute Gasteiger partial charge is 0.145 e. The van der Waals surface area contributed by atoms with Gasteiger partial charge in [-0.1, -0.05) is 12.1 Å². The first-order chi connectivity index (χ1) is 9.36. The van der Waals surface area contributed by atoms with Gasteiger partial charge in [0.25, 0.3) is 0 Å². The molecule has 0 aliphatic carbocycles. The summed E-state index contributed by atoms with van der Waals surface area (Å²) in [4.78, 5) is 8.36. The zero-order valence-corrected chi connectivity index (χ0v) is 10.2. The molecule has 0 bridgehead atoms. The Hall–Kier alpha value is -2.46. The van der Waals surface area contributed by atoms with Crippen molar-refractivity contribution in [1.82, 2.24) is 9.97 Å². The number of nitrogens with zero attached hydrogens (tertiary/aromatic N) is 2. The molecule has 0 spiro atoms. The van der Waals surface area contributed by atoms with Crippen molar-refractivity contribution >= 4 is 10.9 Å². The van der Waals surface area contributed by atoms with E-state index in [0.717, 1.165) is 10.9 Å². The average Bonchev–Trinajstić information content (AvgIpc) is 2.48. The van der Waals surface area contributed by atoms with Crippen LogP contribution in [0.3, 0.4) is 0 Å². The SMILES string of the molecule is OCc1cc(Oc2cccnc2)c2ccccc2n1. The molecular formula is C15H12N2O2. The summed E-state index contributed by atoms with van der Waals surface area (Å²) >= 11 is 0. The summed E-state index contributed by atoms with van der Waals surface area (Å²) in [5, 5.41) is 10.2. The van der Waals surface area contributed by atoms with Crippen molar-refractivity contribution in [3.8, 4) is 11.5 Å². The Morgan fingerprint density at radius 1 is 1.11 bits per heavy atom. The lowest BCUT2D eigenvalue weighted by atomic mass is 10.2. The molecule has 0 saturated heterocycles. The van der Waals surface area contributed by atoms with Crippen LogP contribution in [0.1, 0.15) is 5.69 Å². The number of hydrogen-bond acceptors (Lipinski definition) is 4. The van der Waals surface area contributed by atoms with Crippen LogP contribution in [0, 0.1) is 0 Å². The molecule has 0 radical (unpaired) electrons. The van der Waals surface area contributed by atoms with Crippen LogP contribution >= 0.6 is 0 Å². The molecule has 19 heavy (non-hydrogen) atoms. The Morgan fingerprint density at radius 2 is 2.00 bits per heavy atom. The van der Waals surface area contributed by atoms with Gasteiger partial charge in [0.05, 0.1) is 24.0 Å². The van der Waals surface area contributed by atoms with Gasteiger partial charge in [0.1, 0.15) is 11.5 Å². The first kappa shape index (κ1) is 11.6. The van der Waals surface area contributed by atoms with Crippen LogP contribution in [-0.2, 0) is 6.61 Å². The molecule has 0 unspecified atom stereocenters. The normalized spacial score (nSPS) is 10.6. The van der Waals surface area contributed by atoms with Crippen LogP contribution in [0.15, 0.2) is 54.9 Å². The molecule has 0 fully saturated rings. The Kier molecular flexibility index (Phi) is 3.08. The lowest BCUT2D eigenvalue weighted by Gasteiger charge is -2.09. The van der Waals surface area contributed by atoms with E-state index in [9.17, 15) is 5.11 Å². The largest absolute Gasteiger partial charge is 0.455 e. The molecule has 0 atom stereocenters. The number of aromatic nitrogens is 2. The molecule has 0 aliphatic heterocycles. The van der Waals surface area contributed by atoms with Gasteiger partial charge < -0.3 is 9.84 Å². The standard InChI is InChI=1S/C15H12N2O2/c18-10-11-8-15(19-12-4-3-7-16-9-12)13-5-1-2-6-14(13)17-11/h1-9,18H,10H2. The summed E-state index contributed by atoms with van der Waals surface area (Å²) in [5.41, 5.74) is 1.38. The van der Waals surface area contributed by atoms with E-state index in [4.69, 9.17) is 4.74 Å². The van der Waals surface area contributed by atoms with E-state index in [1.54, 1.807) is 18.5 Å². The van der Waals surface area contributed by atoms with E-state index >= 15 is 0 Å². The molecule has 1 N–H and O–H groups in total. The summed E-state index contributed by atoms with van der Waals surface area (Å²) in [5.74, 6) is 1.32. The number of aliphatic hydroxyl groups excluding tert-OH is 1. The van der Waals surface area contributed by atoms with Crippen molar-refractivity contribution in [3.05, 3.63) is 60.6 Å². The maximum absolute atomic E-state index is 9.26. The van der Waals surface area contributed by atoms with Crippen molar-refractivity contribution in [1.29, 1.82) is 0 Å². The number of benzene rings is 1. The third kappa shape index (κ3) is 2.39. The van der Waals surface area contributed by atoms with Crippen LogP contribution in [0.25, 0.3) is 10.9 Å². The van der Waals surface area contributed by atoms with Crippen LogP contribution in [0.4, 0.5) is 0 Å². The third-order valence-corrected chi connectivity index (χ3v) is 2.76. The highest BCUT2D eigenvalue weighted by Crippen LogP contribution is 2.29. The van der Waals surface area contributed by atoms with Gasteiger partial charge in [-0.05, 0) is 24.3 Å². The fraction of sp³-hybridized carbons (Fsp3) is 0.0667. The summed E-state index contributed by atoms with van der Waals surface area (Å²) in [6.45, 7) is -0.117. The number of ether oxygens (including phenoxy) is 1. The van der Waals surface area contributed by atoms with E-state index in [0.29, 0.717) is 17.2 Å². The highest BCUT2D eigenvalue weighted by atomic mass is 16.5. The second kappa shape index (κ2) is 5.04. The van der Waals surface area contributed by atoms with Crippen molar-refractivity contribution in [2.45, 2.75) is 6.61 Å². The molecule has 94 valence electrons. The second-order valence-electron chi connectivity index (χ2n) is 4.08. The molecule has 0 saturated carbocycles. The van der Waals surface area contributed by atoms with Gasteiger partial charge in [-0.25, -0.2) is 0 Å². The monoisotopic (exact) mass is 252 g/mol. The topological polar surface area (TPSA) is 55.2 Å². The fourth-order valence-corrected chi connectivity index (χ4v) is 1.90. The second-order valence-corrected chi connectivity index (χ2v) is 4.08. The molecule has 0 amide bonds. The minimum atomic E-state index is -0.117. The lowest BCUT2D eigenvalue weighted by molar-refractivity contribution is 0.276. The average molecular weight is 252 g/mol. The van der Waals surface area contributed by atoms with Crippen molar-refractivity contribution in [2.24, 2.45) is 0 Å². The molecule has 3 rings (SSSR count). The van der Waals surface area contributed by atoms with Gasteiger partial charge in [-0.2, -0.15) is 0 Å². The number of pyridine rings is 2. The molecule has 0 aliphatic rings. The van der Waals surface area contributed by atoms with Crippen molar-refractivity contribution < 1.29 is 9.84 Å². The minimum absolute atomic E-state index is 0.117. The van der Waals surface area contributed by atoms with Crippen molar-refractivity contribution in [3.63, 3.8) is 0 Å². The number of para-hydroxylation sites is 1. The van der Waals surface area contributed by atoms with Crippen molar-refractivity contribution in [2.75, 3.05) is 0 Å². The van der Waals surface area contributed by atoms with Gasteiger partial charge in [0.15, 0.2) is 0 Å². The maximum atomic E-state index is 9.26. The predicted octanol–water partition coefficient (Wildman–Crippen LogP) is 2.91. The Morgan fingerprint density at radius 3 is 2.79 bits per heavy atom. The number of fused-ring (bicyclic) bond motifs is 1. The third-order valence-electron chi connectivity index (χ3n) is 2.76. The summed E-state index contributed by atoms with van der Waals surface area (Å²) in [6, 6.07) is 13.1. The first-order valence-electron chi connectivity index (χ1n) is 5.94. The highest BCUT2D eigenvalue weighted by molar-refractivity contribution is 5.85. The molecular weight excluding hydrogens is 240 g/mol. The highest BCUT2D eigenvalue weighted by Gasteiger charge is 2.07. The minimum Gasteiger partial charge on any atom is -0.455 e. The van der Waals surface area contributed by atoms with Crippen LogP contribution < -0.4 is 4.74 Å². The van der Waals surface area contributed by atoms with Gasteiger partial charge in [0, 0.05) is 17.6 Å². The predicted molar refractivity (Wildman–Crippen MR) is 72.0 cm³/mol. The van der Waals surface area contributed by atoms with E-state index in [1.165, 1.54) is 0 Å². The van der Waals surface area contributed by atoms with Gasteiger partial charge in [0.2, 0.25) is 0 Å². The fourth-order valence-electron chi connectivity index (χ4n) is 1.90. The van der Waals surface area contributed by atoms with Crippen LogP contribution in [-0.4, -0.2) is 15.1 Å². The molecule has 1 aromatic carbocycles. The Bertz CT molecular complexity index is 699. The molecule has 4 nitrogen and oxygen atoms in total. The number of aliphatic hydroxyl groups is 1. The van der Waals surface area contributed by atoms with Crippen LogP contribution in [0.2, 0.25) is 0 Å². The van der Waals surface area contributed by atoms with Crippen LogP contribution in [0.5, 0.6) is 11.5 Å². The zero-order valence-electron chi connectivity index (χ0n) is 10.2. The molecule has 2 aromatic heterocycles. The van der Waals surface area contributed by atoms with E-state index in [-0.39, 0.29) is 6.61 Å². The Balaban J connectivity index is 2.11. The molecule has 4 heteroatoms. The summed E-state index contributed by atoms with van der Waals surface area (Å²) in [6.07, 6.45) is 3.34. The van der Waals surface area contributed by atoms with E-state index in [1.807, 2.05) is 36.4 Å². The Labute approximate surface area is 110 Å². The summed E-state index contributed by atoms with van der Waals surface area (Å²) in [7, 11) is 0. The first-order valence-corrected chi connectivity index (χ1v) is 5.94. The quantitative estimate of drug-likeness (QED) is 0.778. The maximum Gasteiger partial charge on any atom is 0.145 e.